The SMILES string of the molecule is Cc1cc(Br)ccc1N1C(=O)/C(=C\c2ccn(C3CCCC3)c2)C(=O)NC1=S. The third-order valence-corrected chi connectivity index (χ3v) is 6.07. The van der Waals surface area contributed by atoms with Crippen LogP contribution in [0.3, 0.4) is 0 Å². The predicted molar refractivity (Wildman–Crippen MR) is 117 cm³/mol. The van der Waals surface area contributed by atoms with Gasteiger partial charge in [-0.25, -0.2) is 0 Å². The summed E-state index contributed by atoms with van der Waals surface area (Å²) in [6, 6.07) is 8.02. The van der Waals surface area contributed by atoms with Crippen molar-refractivity contribution in [2.24, 2.45) is 0 Å². The molecule has 2 amide bonds. The molecule has 5 nitrogen and oxygen atoms in total. The number of thiocarbonyl (C=S) groups is 1. The number of halogens is 1. The highest BCUT2D eigenvalue weighted by atomic mass is 79.9. The van der Waals surface area contributed by atoms with E-state index in [4.69, 9.17) is 12.2 Å². The molecule has 4 rings (SSSR count). The minimum Gasteiger partial charge on any atom is -0.351 e. The van der Waals surface area contributed by atoms with E-state index in [2.05, 4.69) is 25.8 Å². The van der Waals surface area contributed by atoms with E-state index in [9.17, 15) is 9.59 Å². The Balaban J connectivity index is 1.66. The third kappa shape index (κ3) is 3.56. The fourth-order valence-corrected chi connectivity index (χ4v) is 4.61. The van der Waals surface area contributed by atoms with Crippen LogP contribution < -0.4 is 10.2 Å². The zero-order valence-electron chi connectivity index (χ0n) is 15.4. The number of benzene rings is 1. The third-order valence-electron chi connectivity index (χ3n) is 5.30. The number of aromatic nitrogens is 1. The highest BCUT2D eigenvalue weighted by molar-refractivity contribution is 9.10. The maximum atomic E-state index is 13.1. The summed E-state index contributed by atoms with van der Waals surface area (Å²) >= 11 is 8.71. The maximum Gasteiger partial charge on any atom is 0.270 e. The highest BCUT2D eigenvalue weighted by Gasteiger charge is 2.35. The molecule has 1 aliphatic heterocycles. The molecule has 0 bridgehead atoms. The largest absolute Gasteiger partial charge is 0.351 e. The topological polar surface area (TPSA) is 54.3 Å². The molecule has 2 heterocycles. The molecule has 1 aromatic carbocycles. The Hall–Kier alpha value is -2.25. The van der Waals surface area contributed by atoms with Crippen molar-refractivity contribution >= 4 is 56.8 Å². The monoisotopic (exact) mass is 457 g/mol. The number of hydrogen-bond donors (Lipinski definition) is 1. The first-order valence-corrected chi connectivity index (χ1v) is 10.5. The minimum absolute atomic E-state index is 0.0834. The summed E-state index contributed by atoms with van der Waals surface area (Å²) in [7, 11) is 0. The normalized spacial score (nSPS) is 19.6. The zero-order valence-corrected chi connectivity index (χ0v) is 17.8. The van der Waals surface area contributed by atoms with Crippen LogP contribution in [0.1, 0.15) is 42.9 Å². The van der Waals surface area contributed by atoms with E-state index in [1.807, 2.05) is 43.6 Å². The summed E-state index contributed by atoms with van der Waals surface area (Å²) < 4.78 is 3.10. The second-order valence-corrected chi connectivity index (χ2v) is 8.52. The van der Waals surface area contributed by atoms with Gasteiger partial charge < -0.3 is 4.57 Å². The van der Waals surface area contributed by atoms with Crippen LogP contribution in [0.25, 0.3) is 6.08 Å². The molecule has 2 aromatic rings. The van der Waals surface area contributed by atoms with Crippen LogP contribution in [0.4, 0.5) is 5.69 Å². The summed E-state index contributed by atoms with van der Waals surface area (Å²) in [5, 5.41) is 2.74. The average molecular weight is 458 g/mol. The summed E-state index contributed by atoms with van der Waals surface area (Å²) in [6.07, 6.45) is 10.5. The van der Waals surface area contributed by atoms with Crippen LogP contribution in [0, 0.1) is 6.92 Å². The van der Waals surface area contributed by atoms with Gasteiger partial charge in [0.15, 0.2) is 5.11 Å². The second-order valence-electron chi connectivity index (χ2n) is 7.22. The Morgan fingerprint density at radius 3 is 2.68 bits per heavy atom. The van der Waals surface area contributed by atoms with Crippen LogP contribution in [0.2, 0.25) is 0 Å². The molecule has 1 aromatic heterocycles. The molecule has 0 spiro atoms. The Kier molecular flexibility index (Phi) is 5.21. The molecule has 2 fully saturated rings. The lowest BCUT2D eigenvalue weighted by molar-refractivity contribution is -0.122. The molecule has 1 N–H and O–H groups in total. The minimum atomic E-state index is -0.463. The Labute approximate surface area is 177 Å². The van der Waals surface area contributed by atoms with Crippen molar-refractivity contribution in [3.05, 3.63) is 57.8 Å². The fraction of sp³-hybridized carbons (Fsp3) is 0.286. The summed E-state index contributed by atoms with van der Waals surface area (Å²) in [6.45, 7) is 1.90. The molecule has 2 aliphatic rings. The van der Waals surface area contributed by atoms with Gasteiger partial charge in [-0.3, -0.25) is 19.8 Å². The van der Waals surface area contributed by atoms with Gasteiger partial charge in [-0.15, -0.1) is 0 Å². The van der Waals surface area contributed by atoms with Gasteiger partial charge in [-0.05, 0) is 73.5 Å². The van der Waals surface area contributed by atoms with Crippen molar-refractivity contribution in [3.8, 4) is 0 Å². The Morgan fingerprint density at radius 1 is 1.21 bits per heavy atom. The molecule has 144 valence electrons. The second kappa shape index (κ2) is 7.64. The van der Waals surface area contributed by atoms with Crippen LogP contribution in [-0.2, 0) is 9.59 Å². The summed E-state index contributed by atoms with van der Waals surface area (Å²) in [4.78, 5) is 27.0. The number of carbonyl (C=O) groups excluding carboxylic acids is 2. The molecule has 0 atom stereocenters. The van der Waals surface area contributed by atoms with E-state index in [-0.39, 0.29) is 10.7 Å². The van der Waals surface area contributed by atoms with Gasteiger partial charge in [-0.1, -0.05) is 28.8 Å². The number of amides is 2. The predicted octanol–water partition coefficient (Wildman–Crippen LogP) is 4.51. The van der Waals surface area contributed by atoms with Crippen LogP contribution >= 0.6 is 28.1 Å². The number of nitrogens with one attached hydrogen (secondary N) is 1. The number of anilines is 1. The zero-order chi connectivity index (χ0) is 19.8. The lowest BCUT2D eigenvalue weighted by Gasteiger charge is -2.30. The maximum absolute atomic E-state index is 13.1. The standard InChI is InChI=1S/C21H20BrN3O2S/c1-13-10-15(22)6-7-18(13)25-20(27)17(19(26)23-21(25)28)11-14-8-9-24(12-14)16-4-2-3-5-16/h6-12,16H,2-5H2,1H3,(H,23,26,28)/b17-11-. The van der Waals surface area contributed by atoms with E-state index >= 15 is 0 Å². The van der Waals surface area contributed by atoms with E-state index in [1.54, 1.807) is 6.08 Å². The molecular weight excluding hydrogens is 438 g/mol. The van der Waals surface area contributed by atoms with Gasteiger partial charge >= 0.3 is 0 Å². The van der Waals surface area contributed by atoms with Crippen LogP contribution in [-0.4, -0.2) is 21.5 Å². The van der Waals surface area contributed by atoms with E-state index in [0.717, 1.165) is 15.6 Å². The lowest BCUT2D eigenvalue weighted by atomic mass is 10.1. The Morgan fingerprint density at radius 2 is 1.96 bits per heavy atom. The number of hydrogen-bond acceptors (Lipinski definition) is 3. The Bertz CT molecular complexity index is 1000. The fourth-order valence-electron chi connectivity index (χ4n) is 3.86. The van der Waals surface area contributed by atoms with Gasteiger partial charge in [0.1, 0.15) is 5.57 Å². The lowest BCUT2D eigenvalue weighted by Crippen LogP contribution is -2.54. The van der Waals surface area contributed by atoms with Crippen LogP contribution in [0.15, 0.2) is 46.7 Å². The van der Waals surface area contributed by atoms with Crippen molar-refractivity contribution in [2.45, 2.75) is 38.6 Å². The van der Waals surface area contributed by atoms with Crippen molar-refractivity contribution in [1.82, 2.24) is 9.88 Å². The molecule has 28 heavy (non-hydrogen) atoms. The van der Waals surface area contributed by atoms with Gasteiger partial charge in [-0.2, -0.15) is 0 Å². The molecular formula is C21H20BrN3O2S. The molecule has 1 saturated carbocycles. The van der Waals surface area contributed by atoms with Crippen molar-refractivity contribution < 1.29 is 9.59 Å². The van der Waals surface area contributed by atoms with E-state index in [0.29, 0.717) is 11.7 Å². The molecule has 0 unspecified atom stereocenters. The van der Waals surface area contributed by atoms with Gasteiger partial charge in [0.2, 0.25) is 0 Å². The first kappa shape index (κ1) is 19.1. The van der Waals surface area contributed by atoms with E-state index in [1.165, 1.54) is 30.6 Å². The van der Waals surface area contributed by atoms with Crippen LogP contribution in [0.5, 0.6) is 0 Å². The number of nitrogens with zero attached hydrogens (tertiary/aromatic N) is 2. The first-order valence-electron chi connectivity index (χ1n) is 9.29. The van der Waals surface area contributed by atoms with Crippen molar-refractivity contribution in [3.63, 3.8) is 0 Å². The number of rotatable bonds is 3. The number of aryl methyl sites for hydroxylation is 1. The molecule has 1 saturated heterocycles. The average Bonchev–Trinajstić information content (AvgIpc) is 3.31. The smallest absolute Gasteiger partial charge is 0.270 e. The molecule has 7 heteroatoms. The summed E-state index contributed by atoms with van der Waals surface area (Å²) in [5.41, 5.74) is 2.46. The first-order chi connectivity index (χ1) is 13.4. The van der Waals surface area contributed by atoms with Gasteiger partial charge in [0.25, 0.3) is 11.8 Å². The van der Waals surface area contributed by atoms with Crippen molar-refractivity contribution in [2.75, 3.05) is 4.90 Å². The molecule has 1 aliphatic carbocycles. The summed E-state index contributed by atoms with van der Waals surface area (Å²) in [5.74, 6) is -0.873. The van der Waals surface area contributed by atoms with Gasteiger partial charge in [0.05, 0.1) is 5.69 Å². The van der Waals surface area contributed by atoms with Crippen molar-refractivity contribution in [1.29, 1.82) is 0 Å². The van der Waals surface area contributed by atoms with E-state index < -0.39 is 11.8 Å². The highest BCUT2D eigenvalue weighted by Crippen LogP contribution is 2.31. The molecule has 0 radical (unpaired) electrons. The van der Waals surface area contributed by atoms with Gasteiger partial charge in [0, 0.05) is 22.9 Å². The number of carbonyl (C=O) groups is 2. The quantitative estimate of drug-likeness (QED) is 0.419.